The minimum Gasteiger partial charge on any atom is -0.491 e. The van der Waals surface area contributed by atoms with Crippen LogP contribution in [0, 0.1) is 6.92 Å². The molecule has 4 nitrogen and oxygen atoms in total. The zero-order chi connectivity index (χ0) is 16.5. The maximum absolute atomic E-state index is 12.1. The topological polar surface area (TPSA) is 50.4 Å². The van der Waals surface area contributed by atoms with Gasteiger partial charge in [0.2, 0.25) is 5.91 Å². The number of unbranched alkanes of at least 4 members (excludes halogenated alkanes) is 1. The second kappa shape index (κ2) is 8.83. The first-order chi connectivity index (χ1) is 11.2. The molecule has 0 aromatic heterocycles. The molecule has 4 heteroatoms. The van der Waals surface area contributed by atoms with Gasteiger partial charge in [-0.3, -0.25) is 4.79 Å². The number of carbonyl (C=O) groups excluding carboxylic acids is 1. The molecular weight excluding hydrogens is 288 g/mol. The Morgan fingerprint density at radius 1 is 1.13 bits per heavy atom. The van der Waals surface area contributed by atoms with Crippen molar-refractivity contribution in [1.82, 2.24) is 0 Å². The average Bonchev–Trinajstić information content (AvgIpc) is 2.55. The maximum atomic E-state index is 12.1. The summed E-state index contributed by atoms with van der Waals surface area (Å²) in [5.74, 6) is 0.614. The van der Waals surface area contributed by atoms with Crippen LogP contribution in [-0.4, -0.2) is 19.1 Å². The summed E-state index contributed by atoms with van der Waals surface area (Å²) in [4.78, 5) is 12.1. The summed E-state index contributed by atoms with van der Waals surface area (Å²) in [6.45, 7) is 5.01. The second-order valence-electron chi connectivity index (χ2n) is 5.47. The van der Waals surface area contributed by atoms with Gasteiger partial charge in [0.15, 0.2) is 0 Å². The number of amides is 1. The quantitative estimate of drug-likeness (QED) is 0.717. The van der Waals surface area contributed by atoms with Crippen molar-refractivity contribution < 1.29 is 9.53 Å². The van der Waals surface area contributed by atoms with Crippen molar-refractivity contribution in [3.05, 3.63) is 54.1 Å². The number of hydrogen-bond donors (Lipinski definition) is 2. The summed E-state index contributed by atoms with van der Waals surface area (Å²) in [7, 11) is 0. The molecular formula is C19H24N2O2. The van der Waals surface area contributed by atoms with Crippen LogP contribution < -0.4 is 15.4 Å². The van der Waals surface area contributed by atoms with Gasteiger partial charge in [-0.05, 0) is 43.2 Å². The maximum Gasteiger partial charge on any atom is 0.243 e. The van der Waals surface area contributed by atoms with Crippen LogP contribution in [0.25, 0.3) is 0 Å². The summed E-state index contributed by atoms with van der Waals surface area (Å²) in [5.41, 5.74) is 2.80. The molecule has 2 aromatic carbocycles. The molecule has 2 rings (SSSR count). The molecule has 0 aliphatic heterocycles. The lowest BCUT2D eigenvalue weighted by Crippen LogP contribution is -2.22. The molecule has 23 heavy (non-hydrogen) atoms. The minimum atomic E-state index is -0.0990. The molecule has 0 heterocycles. The first kappa shape index (κ1) is 16.9. The van der Waals surface area contributed by atoms with Crippen LogP contribution in [0.5, 0.6) is 5.75 Å². The highest BCUT2D eigenvalue weighted by atomic mass is 16.5. The number of ether oxygens (including phenoxy) is 1. The predicted octanol–water partition coefficient (Wildman–Crippen LogP) is 4.22. The Kier molecular flexibility index (Phi) is 6.48. The van der Waals surface area contributed by atoms with Crippen LogP contribution in [0.2, 0.25) is 0 Å². The standard InChI is InChI=1S/C19H24N2O2/c1-3-4-12-23-18-11-6-5-10-17(18)21-19(22)14-20-16-9-7-8-15(2)13-16/h5-11,13,20H,3-4,12,14H2,1-2H3,(H,21,22). The monoisotopic (exact) mass is 312 g/mol. The van der Waals surface area contributed by atoms with Crippen LogP contribution in [0.3, 0.4) is 0 Å². The summed E-state index contributed by atoms with van der Waals surface area (Å²) in [5, 5.41) is 6.02. The largest absolute Gasteiger partial charge is 0.491 e. The Hall–Kier alpha value is -2.49. The van der Waals surface area contributed by atoms with Crippen LogP contribution in [0.4, 0.5) is 11.4 Å². The molecule has 122 valence electrons. The van der Waals surface area contributed by atoms with Gasteiger partial charge in [-0.1, -0.05) is 37.6 Å². The van der Waals surface area contributed by atoms with E-state index in [0.717, 1.165) is 24.1 Å². The van der Waals surface area contributed by atoms with Crippen LogP contribution >= 0.6 is 0 Å². The van der Waals surface area contributed by atoms with E-state index in [0.29, 0.717) is 18.0 Å². The van der Waals surface area contributed by atoms with Crippen LogP contribution in [-0.2, 0) is 4.79 Å². The third-order valence-corrected chi connectivity index (χ3v) is 3.39. The third kappa shape index (κ3) is 5.66. The molecule has 0 bridgehead atoms. The summed E-state index contributed by atoms with van der Waals surface area (Å²) in [6, 6.07) is 15.5. The lowest BCUT2D eigenvalue weighted by atomic mass is 10.2. The van der Waals surface area contributed by atoms with E-state index in [1.807, 2.05) is 55.5 Å². The van der Waals surface area contributed by atoms with Crippen molar-refractivity contribution in [2.45, 2.75) is 26.7 Å². The highest BCUT2D eigenvalue weighted by molar-refractivity contribution is 5.95. The number of anilines is 2. The number of aryl methyl sites for hydroxylation is 1. The normalized spacial score (nSPS) is 10.2. The van der Waals surface area contributed by atoms with Crippen molar-refractivity contribution in [2.24, 2.45) is 0 Å². The highest BCUT2D eigenvalue weighted by Crippen LogP contribution is 2.23. The lowest BCUT2D eigenvalue weighted by Gasteiger charge is -2.13. The van der Waals surface area contributed by atoms with E-state index in [9.17, 15) is 4.79 Å². The zero-order valence-electron chi connectivity index (χ0n) is 13.8. The van der Waals surface area contributed by atoms with E-state index >= 15 is 0 Å². The second-order valence-corrected chi connectivity index (χ2v) is 5.47. The van der Waals surface area contributed by atoms with Gasteiger partial charge >= 0.3 is 0 Å². The number of para-hydroxylation sites is 2. The Labute approximate surface area is 137 Å². The Morgan fingerprint density at radius 2 is 1.96 bits per heavy atom. The van der Waals surface area contributed by atoms with Gasteiger partial charge in [0.1, 0.15) is 5.75 Å². The Bertz CT molecular complexity index is 641. The van der Waals surface area contributed by atoms with Crippen molar-refractivity contribution in [1.29, 1.82) is 0 Å². The first-order valence-electron chi connectivity index (χ1n) is 8.01. The van der Waals surface area contributed by atoms with Gasteiger partial charge in [-0.15, -0.1) is 0 Å². The molecule has 0 atom stereocenters. The van der Waals surface area contributed by atoms with E-state index in [2.05, 4.69) is 17.6 Å². The number of rotatable bonds is 8. The minimum absolute atomic E-state index is 0.0990. The molecule has 0 spiro atoms. The van der Waals surface area contributed by atoms with Gasteiger partial charge < -0.3 is 15.4 Å². The first-order valence-corrected chi connectivity index (χ1v) is 8.01. The van der Waals surface area contributed by atoms with Crippen molar-refractivity contribution >= 4 is 17.3 Å². The molecule has 0 unspecified atom stereocenters. The number of hydrogen-bond acceptors (Lipinski definition) is 3. The molecule has 1 amide bonds. The van der Waals surface area contributed by atoms with Gasteiger partial charge in [-0.2, -0.15) is 0 Å². The molecule has 2 N–H and O–H groups in total. The molecule has 0 aliphatic carbocycles. The highest BCUT2D eigenvalue weighted by Gasteiger charge is 2.07. The summed E-state index contributed by atoms with van der Waals surface area (Å²) in [6.07, 6.45) is 2.08. The fourth-order valence-electron chi connectivity index (χ4n) is 2.15. The summed E-state index contributed by atoms with van der Waals surface area (Å²) < 4.78 is 5.72. The lowest BCUT2D eigenvalue weighted by molar-refractivity contribution is -0.114. The smallest absolute Gasteiger partial charge is 0.243 e. The van der Waals surface area contributed by atoms with Crippen LogP contribution in [0.15, 0.2) is 48.5 Å². The van der Waals surface area contributed by atoms with E-state index in [-0.39, 0.29) is 12.5 Å². The number of benzene rings is 2. The molecule has 0 aliphatic rings. The summed E-state index contributed by atoms with van der Waals surface area (Å²) >= 11 is 0. The van der Waals surface area contributed by atoms with Crippen molar-refractivity contribution in [2.75, 3.05) is 23.8 Å². The Morgan fingerprint density at radius 3 is 2.74 bits per heavy atom. The van der Waals surface area contributed by atoms with Crippen molar-refractivity contribution in [3.63, 3.8) is 0 Å². The zero-order valence-corrected chi connectivity index (χ0v) is 13.8. The molecule has 0 saturated carbocycles. The van der Waals surface area contributed by atoms with Gasteiger partial charge in [0, 0.05) is 5.69 Å². The van der Waals surface area contributed by atoms with Gasteiger partial charge in [0.25, 0.3) is 0 Å². The molecule has 2 aromatic rings. The predicted molar refractivity (Wildman–Crippen MR) is 95.1 cm³/mol. The van der Waals surface area contributed by atoms with Crippen molar-refractivity contribution in [3.8, 4) is 5.75 Å². The van der Waals surface area contributed by atoms with Crippen LogP contribution in [0.1, 0.15) is 25.3 Å². The van der Waals surface area contributed by atoms with E-state index in [1.54, 1.807) is 0 Å². The van der Waals surface area contributed by atoms with Gasteiger partial charge in [-0.25, -0.2) is 0 Å². The molecule has 0 radical (unpaired) electrons. The van der Waals surface area contributed by atoms with E-state index in [1.165, 1.54) is 0 Å². The average molecular weight is 312 g/mol. The number of carbonyl (C=O) groups is 1. The fourth-order valence-corrected chi connectivity index (χ4v) is 2.15. The number of nitrogens with one attached hydrogen (secondary N) is 2. The molecule has 0 fully saturated rings. The SMILES string of the molecule is CCCCOc1ccccc1NC(=O)CNc1cccc(C)c1. The fraction of sp³-hybridized carbons (Fsp3) is 0.316. The Balaban J connectivity index is 1.89. The van der Waals surface area contributed by atoms with Gasteiger partial charge in [0.05, 0.1) is 18.8 Å². The van der Waals surface area contributed by atoms with E-state index in [4.69, 9.17) is 4.74 Å². The van der Waals surface area contributed by atoms with E-state index < -0.39 is 0 Å². The third-order valence-electron chi connectivity index (χ3n) is 3.39. The molecule has 0 saturated heterocycles.